The number of benzene rings is 1. The van der Waals surface area contributed by atoms with E-state index in [0.29, 0.717) is 17.1 Å². The first-order chi connectivity index (χ1) is 10.2. The van der Waals surface area contributed by atoms with Crippen molar-refractivity contribution in [3.8, 4) is 23.1 Å². The second kappa shape index (κ2) is 5.50. The highest BCUT2D eigenvalue weighted by Gasteiger charge is 2.38. The molecule has 0 bridgehead atoms. The number of hydrogen-bond donors (Lipinski definition) is 2. The molecule has 1 heterocycles. The lowest BCUT2D eigenvalue weighted by molar-refractivity contribution is 0.492. The summed E-state index contributed by atoms with van der Waals surface area (Å²) in [5.41, 5.74) is 7.47. The summed E-state index contributed by atoms with van der Waals surface area (Å²) in [5, 5.41) is 16.0. The molecule has 0 aliphatic carbocycles. The zero-order valence-electron chi connectivity index (χ0n) is 13.7. The monoisotopic (exact) mass is 314 g/mol. The highest BCUT2D eigenvalue weighted by atomic mass is 28.4. The van der Waals surface area contributed by atoms with Crippen LogP contribution in [-0.4, -0.2) is 18.5 Å². The van der Waals surface area contributed by atoms with E-state index in [2.05, 4.69) is 50.1 Å². The number of hydrogen-bond acceptors (Lipinski definition) is 4. The molecular formula is C16H22N4OSi. The first-order valence-corrected chi connectivity index (χ1v) is 10.1. The van der Waals surface area contributed by atoms with E-state index in [1.807, 2.05) is 24.3 Å². The summed E-state index contributed by atoms with van der Waals surface area (Å²) in [6.07, 6.45) is 0. The van der Waals surface area contributed by atoms with E-state index in [1.54, 1.807) is 0 Å². The number of anilines is 1. The molecule has 0 saturated carbocycles. The maximum absolute atomic E-state index is 9.14. The second-order valence-electron chi connectivity index (χ2n) is 6.86. The number of nitriles is 1. The van der Waals surface area contributed by atoms with E-state index in [1.165, 1.54) is 0 Å². The summed E-state index contributed by atoms with van der Waals surface area (Å²) in [7, 11) is -1.85. The molecule has 0 saturated heterocycles. The van der Waals surface area contributed by atoms with E-state index in [-0.39, 0.29) is 5.04 Å². The molecule has 2 aromatic rings. The minimum atomic E-state index is -1.85. The number of aromatic nitrogens is 2. The molecule has 3 N–H and O–H groups in total. The molecule has 5 nitrogen and oxygen atoms in total. The van der Waals surface area contributed by atoms with Crippen LogP contribution < -0.4 is 10.2 Å². The highest BCUT2D eigenvalue weighted by molar-refractivity contribution is 6.74. The first kappa shape index (κ1) is 16.1. The topological polar surface area (TPSA) is 87.7 Å². The summed E-state index contributed by atoms with van der Waals surface area (Å²) in [5.74, 6) is 1.14. The van der Waals surface area contributed by atoms with E-state index >= 15 is 0 Å². The lowest BCUT2D eigenvalue weighted by atomic mass is 10.1. The zero-order chi connectivity index (χ0) is 16.5. The number of nitrogens with one attached hydrogen (secondary N) is 1. The fraction of sp³-hybridized carbons (Fsp3) is 0.375. The predicted molar refractivity (Wildman–Crippen MR) is 91.0 cm³/mol. The summed E-state index contributed by atoms with van der Waals surface area (Å²) in [6, 6.07) is 9.71. The van der Waals surface area contributed by atoms with Gasteiger partial charge in [-0.3, -0.25) is 5.10 Å². The fourth-order valence-electron chi connectivity index (χ4n) is 1.81. The van der Waals surface area contributed by atoms with Crippen LogP contribution in [0.25, 0.3) is 11.3 Å². The maximum atomic E-state index is 9.14. The molecule has 0 aliphatic rings. The molecule has 0 spiro atoms. The minimum Gasteiger partial charge on any atom is -0.544 e. The van der Waals surface area contributed by atoms with Gasteiger partial charge in [-0.05, 0) is 42.4 Å². The van der Waals surface area contributed by atoms with Gasteiger partial charge in [-0.25, -0.2) is 0 Å². The molecule has 0 radical (unpaired) electrons. The number of rotatable bonds is 3. The van der Waals surface area contributed by atoms with Gasteiger partial charge in [0.05, 0.1) is 0 Å². The van der Waals surface area contributed by atoms with Crippen LogP contribution in [0.1, 0.15) is 26.3 Å². The van der Waals surface area contributed by atoms with Gasteiger partial charge in [0.25, 0.3) is 0 Å². The van der Waals surface area contributed by atoms with Crippen LogP contribution in [0.15, 0.2) is 24.3 Å². The minimum absolute atomic E-state index is 0.149. The van der Waals surface area contributed by atoms with E-state index in [0.717, 1.165) is 11.3 Å². The fourth-order valence-corrected chi connectivity index (χ4v) is 2.84. The lowest BCUT2D eigenvalue weighted by Gasteiger charge is -2.36. The van der Waals surface area contributed by atoms with Crippen molar-refractivity contribution in [1.29, 1.82) is 5.26 Å². The standard InChI is InChI=1S/C16H22N4OSi/c1-16(2,3)22(4,5)21-12-8-6-11(7-9-12)14-13(10-17)15(18)20-19-14/h6-9H,1-5H3,(H3,18,19,20). The van der Waals surface area contributed by atoms with Crippen molar-refractivity contribution in [2.24, 2.45) is 0 Å². The van der Waals surface area contributed by atoms with E-state index in [9.17, 15) is 0 Å². The van der Waals surface area contributed by atoms with Gasteiger partial charge in [0.1, 0.15) is 28.9 Å². The normalized spacial score (nSPS) is 12.0. The van der Waals surface area contributed by atoms with Crippen LogP contribution >= 0.6 is 0 Å². The molecule has 0 atom stereocenters. The van der Waals surface area contributed by atoms with Crippen molar-refractivity contribution in [1.82, 2.24) is 10.2 Å². The third kappa shape index (κ3) is 2.99. The van der Waals surface area contributed by atoms with Crippen LogP contribution in [0.3, 0.4) is 0 Å². The molecule has 1 aromatic heterocycles. The molecule has 1 aromatic carbocycles. The molecule has 22 heavy (non-hydrogen) atoms. The zero-order valence-corrected chi connectivity index (χ0v) is 14.7. The molecule has 0 amide bonds. The predicted octanol–water partition coefficient (Wildman–Crippen LogP) is 3.91. The Morgan fingerprint density at radius 3 is 2.32 bits per heavy atom. The van der Waals surface area contributed by atoms with Gasteiger partial charge in [0.2, 0.25) is 8.32 Å². The van der Waals surface area contributed by atoms with Gasteiger partial charge < -0.3 is 10.2 Å². The summed E-state index contributed by atoms with van der Waals surface area (Å²) in [4.78, 5) is 0. The molecule has 0 unspecified atom stereocenters. The highest BCUT2D eigenvalue weighted by Crippen LogP contribution is 2.37. The van der Waals surface area contributed by atoms with Gasteiger partial charge in [0, 0.05) is 5.56 Å². The number of nitrogens with zero attached hydrogens (tertiary/aromatic N) is 2. The lowest BCUT2D eigenvalue weighted by Crippen LogP contribution is -2.43. The molecule has 6 heteroatoms. The van der Waals surface area contributed by atoms with Crippen LogP contribution in [0.2, 0.25) is 18.1 Å². The largest absolute Gasteiger partial charge is 0.544 e. The maximum Gasteiger partial charge on any atom is 0.250 e. The summed E-state index contributed by atoms with van der Waals surface area (Å²) in [6.45, 7) is 11.0. The Hall–Kier alpha value is -2.26. The van der Waals surface area contributed by atoms with Crippen LogP contribution in [0, 0.1) is 11.3 Å². The van der Waals surface area contributed by atoms with Gasteiger partial charge in [-0.2, -0.15) is 10.4 Å². The van der Waals surface area contributed by atoms with Gasteiger partial charge in [-0.1, -0.05) is 20.8 Å². The van der Waals surface area contributed by atoms with Crippen molar-refractivity contribution in [2.45, 2.75) is 38.9 Å². The van der Waals surface area contributed by atoms with Gasteiger partial charge >= 0.3 is 0 Å². The Balaban J connectivity index is 2.27. The second-order valence-corrected chi connectivity index (χ2v) is 11.6. The number of aromatic amines is 1. The van der Waals surface area contributed by atoms with Crippen molar-refractivity contribution in [3.05, 3.63) is 29.8 Å². The Morgan fingerprint density at radius 1 is 1.23 bits per heavy atom. The van der Waals surface area contributed by atoms with E-state index < -0.39 is 8.32 Å². The van der Waals surface area contributed by atoms with Gasteiger partial charge in [-0.15, -0.1) is 0 Å². The number of nitrogen functional groups attached to an aromatic ring is 1. The van der Waals surface area contributed by atoms with Crippen molar-refractivity contribution in [3.63, 3.8) is 0 Å². The van der Waals surface area contributed by atoms with Crippen molar-refractivity contribution >= 4 is 14.1 Å². The Kier molecular flexibility index (Phi) is 4.03. The third-order valence-corrected chi connectivity index (χ3v) is 8.57. The first-order valence-electron chi connectivity index (χ1n) is 7.19. The molecule has 0 fully saturated rings. The molecule has 0 aliphatic heterocycles. The quantitative estimate of drug-likeness (QED) is 0.841. The number of H-pyrrole nitrogens is 1. The van der Waals surface area contributed by atoms with Crippen molar-refractivity contribution in [2.75, 3.05) is 5.73 Å². The smallest absolute Gasteiger partial charge is 0.250 e. The molecular weight excluding hydrogens is 292 g/mol. The van der Waals surface area contributed by atoms with Crippen LogP contribution in [-0.2, 0) is 0 Å². The summed E-state index contributed by atoms with van der Waals surface area (Å²) >= 11 is 0. The number of nitrogens with two attached hydrogens (primary N) is 1. The van der Waals surface area contributed by atoms with Crippen molar-refractivity contribution < 1.29 is 4.43 Å². The molecule has 2 rings (SSSR count). The summed E-state index contributed by atoms with van der Waals surface area (Å²) < 4.78 is 6.24. The third-order valence-electron chi connectivity index (χ3n) is 4.21. The Bertz CT molecular complexity index is 705. The average Bonchev–Trinajstić information content (AvgIpc) is 2.79. The Morgan fingerprint density at radius 2 is 1.82 bits per heavy atom. The van der Waals surface area contributed by atoms with Crippen LogP contribution in [0.5, 0.6) is 5.75 Å². The average molecular weight is 314 g/mol. The SMILES string of the molecule is CC(C)(C)[Si](C)(C)Oc1ccc(-c2n[nH]c(N)c2C#N)cc1. The Labute approximate surface area is 132 Å². The molecule has 116 valence electrons. The van der Waals surface area contributed by atoms with Gasteiger partial charge in [0.15, 0.2) is 0 Å². The van der Waals surface area contributed by atoms with E-state index in [4.69, 9.17) is 15.4 Å². The van der Waals surface area contributed by atoms with Crippen LogP contribution in [0.4, 0.5) is 5.82 Å².